The van der Waals surface area contributed by atoms with E-state index in [-0.39, 0.29) is 0 Å². The molecule has 5 heteroatoms. The lowest BCUT2D eigenvalue weighted by Gasteiger charge is -2.07. The first-order valence-electron chi connectivity index (χ1n) is 4.62. The zero-order chi connectivity index (χ0) is 11.1. The molecular weight excluding hydrogens is 305 g/mol. The van der Waals surface area contributed by atoms with Gasteiger partial charge in [0.2, 0.25) is 0 Å². The summed E-state index contributed by atoms with van der Waals surface area (Å²) in [6, 6.07) is 3.93. The van der Waals surface area contributed by atoms with Gasteiger partial charge >= 0.3 is 0 Å². The minimum atomic E-state index is 0.656. The van der Waals surface area contributed by atoms with Crippen LogP contribution in [-0.4, -0.2) is 11.5 Å². The largest absolute Gasteiger partial charge is 0.387 e. The third-order valence-electron chi connectivity index (χ3n) is 1.80. The van der Waals surface area contributed by atoms with E-state index in [1.165, 1.54) is 6.20 Å². The van der Waals surface area contributed by atoms with E-state index in [0.717, 1.165) is 21.5 Å². The molecule has 4 nitrogen and oxygen atoms in total. The Bertz CT molecular complexity index is 348. The third-order valence-corrected chi connectivity index (χ3v) is 2.43. The zero-order valence-electron chi connectivity index (χ0n) is 8.40. The van der Waals surface area contributed by atoms with Gasteiger partial charge in [-0.15, -0.1) is 4.91 Å². The minimum Gasteiger partial charge on any atom is -0.387 e. The Kier molecular flexibility index (Phi) is 5.23. The van der Waals surface area contributed by atoms with Crippen molar-refractivity contribution in [3.05, 3.63) is 44.4 Å². The molecule has 1 heterocycles. The standard InChI is InChI=1S/C10H12IN3O/c1-2-12-9(7-14-15)5-8-3-4-10(11)13-6-8/h3-4,6-7,12H,2,5H2,1H3/b9-7-. The molecule has 0 bridgehead atoms. The van der Waals surface area contributed by atoms with Crippen molar-refractivity contribution in [1.82, 2.24) is 10.3 Å². The number of nitroso groups, excluding NO2 is 1. The van der Waals surface area contributed by atoms with Gasteiger partial charge in [-0.05, 0) is 46.3 Å². The molecule has 0 atom stereocenters. The van der Waals surface area contributed by atoms with Gasteiger partial charge in [-0.25, -0.2) is 0 Å². The number of likely N-dealkylation sites (N-methyl/N-ethyl adjacent to an activating group) is 1. The number of nitrogens with zero attached hydrogens (tertiary/aromatic N) is 2. The van der Waals surface area contributed by atoms with Crippen LogP contribution in [0.5, 0.6) is 0 Å². The molecule has 0 radical (unpaired) electrons. The van der Waals surface area contributed by atoms with Crippen LogP contribution in [0.1, 0.15) is 12.5 Å². The van der Waals surface area contributed by atoms with Gasteiger partial charge in [0.1, 0.15) is 3.70 Å². The third kappa shape index (κ3) is 4.37. The Morgan fingerprint density at radius 2 is 2.47 bits per heavy atom. The Morgan fingerprint density at radius 3 is 3.00 bits per heavy atom. The first-order chi connectivity index (χ1) is 7.26. The number of halogens is 1. The highest BCUT2D eigenvalue weighted by atomic mass is 127. The molecule has 0 amide bonds. The molecule has 0 aliphatic heterocycles. The SMILES string of the molecule is CCN/C(=C\N=O)Cc1ccc(I)nc1. The van der Waals surface area contributed by atoms with E-state index in [9.17, 15) is 4.91 Å². The number of hydrogen-bond acceptors (Lipinski definition) is 4. The number of allylic oxidation sites excluding steroid dienone is 1. The van der Waals surface area contributed by atoms with Crippen LogP contribution < -0.4 is 5.32 Å². The minimum absolute atomic E-state index is 0.656. The highest BCUT2D eigenvalue weighted by Gasteiger charge is 1.99. The Balaban J connectivity index is 2.69. The smallest absolute Gasteiger partial charge is 0.101 e. The van der Waals surface area contributed by atoms with Crippen LogP contribution in [0.2, 0.25) is 0 Å². The average Bonchev–Trinajstić information content (AvgIpc) is 2.22. The van der Waals surface area contributed by atoms with Crippen molar-refractivity contribution in [1.29, 1.82) is 0 Å². The Morgan fingerprint density at radius 1 is 1.67 bits per heavy atom. The fraction of sp³-hybridized carbons (Fsp3) is 0.300. The summed E-state index contributed by atoms with van der Waals surface area (Å²) in [5.74, 6) is 0. The van der Waals surface area contributed by atoms with E-state index >= 15 is 0 Å². The van der Waals surface area contributed by atoms with Gasteiger partial charge in [0, 0.05) is 24.9 Å². The summed E-state index contributed by atoms with van der Waals surface area (Å²) in [4.78, 5) is 14.3. The first kappa shape index (κ1) is 12.1. The molecular formula is C10H12IN3O. The average molecular weight is 317 g/mol. The summed E-state index contributed by atoms with van der Waals surface area (Å²) in [5, 5.41) is 5.86. The molecule has 0 saturated carbocycles. The maximum absolute atomic E-state index is 10.2. The Labute approximate surface area is 102 Å². The van der Waals surface area contributed by atoms with Gasteiger partial charge in [-0.1, -0.05) is 6.07 Å². The molecule has 0 fully saturated rings. The number of hydrogen-bond donors (Lipinski definition) is 1. The van der Waals surface area contributed by atoms with Crippen molar-refractivity contribution >= 4 is 22.6 Å². The summed E-state index contributed by atoms with van der Waals surface area (Å²) in [7, 11) is 0. The lowest BCUT2D eigenvalue weighted by atomic mass is 10.2. The van der Waals surface area contributed by atoms with E-state index < -0.39 is 0 Å². The fourth-order valence-corrected chi connectivity index (χ4v) is 1.49. The van der Waals surface area contributed by atoms with Gasteiger partial charge in [-0.3, -0.25) is 4.98 Å². The molecule has 0 aromatic carbocycles. The highest BCUT2D eigenvalue weighted by molar-refractivity contribution is 14.1. The normalized spacial score (nSPS) is 11.2. The topological polar surface area (TPSA) is 54.4 Å². The van der Waals surface area contributed by atoms with Crippen LogP contribution in [0, 0.1) is 8.61 Å². The van der Waals surface area contributed by atoms with Crippen LogP contribution in [0.4, 0.5) is 0 Å². The van der Waals surface area contributed by atoms with Gasteiger partial charge in [0.05, 0.1) is 6.20 Å². The summed E-state index contributed by atoms with van der Waals surface area (Å²) in [5.41, 5.74) is 1.88. The predicted molar refractivity (Wildman–Crippen MR) is 68.2 cm³/mol. The van der Waals surface area contributed by atoms with Crippen LogP contribution in [0.25, 0.3) is 0 Å². The fourth-order valence-electron chi connectivity index (χ4n) is 1.18. The lowest BCUT2D eigenvalue weighted by Crippen LogP contribution is -2.14. The molecule has 1 N–H and O–H groups in total. The van der Waals surface area contributed by atoms with E-state index in [2.05, 4.69) is 38.1 Å². The van der Waals surface area contributed by atoms with Crippen molar-refractivity contribution in [2.24, 2.45) is 5.18 Å². The van der Waals surface area contributed by atoms with Crippen LogP contribution in [-0.2, 0) is 6.42 Å². The maximum atomic E-state index is 10.2. The van der Waals surface area contributed by atoms with E-state index in [1.807, 2.05) is 19.1 Å². The van der Waals surface area contributed by atoms with E-state index in [4.69, 9.17) is 0 Å². The van der Waals surface area contributed by atoms with Gasteiger partial charge in [0.15, 0.2) is 0 Å². The molecule has 0 saturated heterocycles. The zero-order valence-corrected chi connectivity index (χ0v) is 10.6. The van der Waals surface area contributed by atoms with Gasteiger partial charge in [-0.2, -0.15) is 0 Å². The second kappa shape index (κ2) is 6.49. The number of nitrogens with one attached hydrogen (secondary N) is 1. The first-order valence-corrected chi connectivity index (χ1v) is 5.70. The Hall–Kier alpha value is -0.980. The summed E-state index contributed by atoms with van der Waals surface area (Å²) in [6.07, 6.45) is 3.77. The molecule has 0 spiro atoms. The summed E-state index contributed by atoms with van der Waals surface area (Å²) in [6.45, 7) is 2.75. The van der Waals surface area contributed by atoms with Crippen molar-refractivity contribution in [2.45, 2.75) is 13.3 Å². The second-order valence-corrected chi connectivity index (χ2v) is 4.06. The quantitative estimate of drug-likeness (QED) is 0.516. The molecule has 0 aliphatic rings. The van der Waals surface area contributed by atoms with Gasteiger partial charge < -0.3 is 5.32 Å². The van der Waals surface area contributed by atoms with Crippen molar-refractivity contribution < 1.29 is 0 Å². The van der Waals surface area contributed by atoms with Crippen LogP contribution in [0.3, 0.4) is 0 Å². The van der Waals surface area contributed by atoms with E-state index in [0.29, 0.717) is 6.42 Å². The number of aromatic nitrogens is 1. The predicted octanol–water partition coefficient (Wildman–Crippen LogP) is 2.45. The second-order valence-electron chi connectivity index (χ2n) is 2.96. The van der Waals surface area contributed by atoms with Crippen molar-refractivity contribution in [2.75, 3.05) is 6.54 Å². The number of rotatable bonds is 5. The highest BCUT2D eigenvalue weighted by Crippen LogP contribution is 2.07. The molecule has 80 valence electrons. The molecule has 1 aromatic heterocycles. The lowest BCUT2D eigenvalue weighted by molar-refractivity contribution is 0.812. The van der Waals surface area contributed by atoms with Crippen molar-refractivity contribution in [3.8, 4) is 0 Å². The molecule has 15 heavy (non-hydrogen) atoms. The molecule has 0 unspecified atom stereocenters. The molecule has 0 aliphatic carbocycles. The van der Waals surface area contributed by atoms with E-state index in [1.54, 1.807) is 6.20 Å². The number of pyridine rings is 1. The molecule has 1 aromatic rings. The van der Waals surface area contributed by atoms with Crippen LogP contribution in [0.15, 0.2) is 35.4 Å². The van der Waals surface area contributed by atoms with Crippen molar-refractivity contribution in [3.63, 3.8) is 0 Å². The summed E-state index contributed by atoms with van der Waals surface area (Å²) >= 11 is 2.15. The molecule has 1 rings (SSSR count). The van der Waals surface area contributed by atoms with Gasteiger partial charge in [0.25, 0.3) is 0 Å². The maximum Gasteiger partial charge on any atom is 0.101 e. The monoisotopic (exact) mass is 317 g/mol. The summed E-state index contributed by atoms with van der Waals surface area (Å²) < 4.78 is 0.957. The van der Waals surface area contributed by atoms with Crippen LogP contribution >= 0.6 is 22.6 Å².